The van der Waals surface area contributed by atoms with Gasteiger partial charge in [0.15, 0.2) is 0 Å². The second-order valence-electron chi connectivity index (χ2n) is 7.09. The lowest BCUT2D eigenvalue weighted by atomic mass is 10.00. The summed E-state index contributed by atoms with van der Waals surface area (Å²) in [5, 5.41) is 0. The fourth-order valence-corrected chi connectivity index (χ4v) is 5.32. The maximum absolute atomic E-state index is 13.1. The molecule has 2 unspecified atom stereocenters. The monoisotopic (exact) mass is 485 g/mol. The van der Waals surface area contributed by atoms with Crippen molar-refractivity contribution >= 4 is 26.0 Å². The van der Waals surface area contributed by atoms with E-state index in [1.807, 2.05) is 0 Å². The summed E-state index contributed by atoms with van der Waals surface area (Å²) < 4.78 is 45.8. The molecule has 1 saturated heterocycles. The van der Waals surface area contributed by atoms with Gasteiger partial charge in [-0.05, 0) is 71.1 Å². The number of hydrogen-bond acceptors (Lipinski definition) is 5. The number of rotatable bonds is 8. The molecule has 1 aliphatic heterocycles. The lowest BCUT2D eigenvalue weighted by Gasteiger charge is -2.18. The van der Waals surface area contributed by atoms with Crippen molar-refractivity contribution in [3.05, 3.63) is 58.3 Å². The van der Waals surface area contributed by atoms with Crippen molar-refractivity contribution < 1.29 is 17.5 Å². The second-order valence-corrected chi connectivity index (χ2v) is 9.99. The number of hydrogen-bond donors (Lipinski definition) is 2. The van der Waals surface area contributed by atoms with Gasteiger partial charge in [-0.25, -0.2) is 17.1 Å². The zero-order valence-corrected chi connectivity index (χ0v) is 18.8. The highest BCUT2D eigenvalue weighted by Crippen LogP contribution is 2.29. The zero-order valence-electron chi connectivity index (χ0n) is 16.4. The molecule has 1 fully saturated rings. The molecule has 29 heavy (non-hydrogen) atoms. The number of methoxy groups -OCH3 is 1. The normalized spacial score (nSPS) is 19.6. The van der Waals surface area contributed by atoms with E-state index in [2.05, 4.69) is 26.8 Å². The predicted octanol–water partition coefficient (Wildman–Crippen LogP) is 3.61. The summed E-state index contributed by atoms with van der Waals surface area (Å²) in [7, 11) is -0.437. The lowest BCUT2D eigenvalue weighted by molar-refractivity contribution is 0.411. The van der Waals surface area contributed by atoms with Crippen molar-refractivity contribution in [2.75, 3.05) is 20.7 Å². The molecule has 2 N–H and O–H groups in total. The first-order chi connectivity index (χ1) is 13.8. The molecular formula is C20H25BrFN3O3S. The number of benzene rings is 2. The number of ether oxygens (including phenoxy) is 1. The topological polar surface area (TPSA) is 70.7 Å². The lowest BCUT2D eigenvalue weighted by Crippen LogP contribution is -2.32. The van der Waals surface area contributed by atoms with Gasteiger partial charge in [0.2, 0.25) is 10.0 Å². The highest BCUT2D eigenvalue weighted by Gasteiger charge is 2.26. The third-order valence-corrected chi connectivity index (χ3v) is 7.58. The molecule has 0 aliphatic carbocycles. The van der Waals surface area contributed by atoms with Crippen LogP contribution in [-0.2, 0) is 10.0 Å². The maximum Gasteiger partial charge on any atom is 0.242 e. The van der Waals surface area contributed by atoms with Gasteiger partial charge in [0.25, 0.3) is 0 Å². The first kappa shape index (κ1) is 22.2. The Morgan fingerprint density at radius 1 is 1.21 bits per heavy atom. The SMILES string of the molecule is COc1ccc(S(=O)(=O)N(C)CCCC2CC(c3ccc(F)cc3)NN2)cc1Br. The van der Waals surface area contributed by atoms with E-state index in [9.17, 15) is 12.8 Å². The van der Waals surface area contributed by atoms with Crippen molar-refractivity contribution in [1.82, 2.24) is 15.2 Å². The molecule has 1 heterocycles. The van der Waals surface area contributed by atoms with E-state index in [0.29, 0.717) is 16.8 Å². The van der Waals surface area contributed by atoms with E-state index < -0.39 is 10.0 Å². The molecule has 6 nitrogen and oxygen atoms in total. The molecule has 2 aromatic rings. The molecule has 0 aromatic heterocycles. The van der Waals surface area contributed by atoms with Crippen molar-refractivity contribution in [2.24, 2.45) is 0 Å². The van der Waals surface area contributed by atoms with Gasteiger partial charge in [-0.2, -0.15) is 0 Å². The van der Waals surface area contributed by atoms with Gasteiger partial charge in [0.1, 0.15) is 11.6 Å². The Labute approximate surface area is 179 Å². The Balaban J connectivity index is 1.51. The average Bonchev–Trinajstić information content (AvgIpc) is 3.17. The molecule has 0 amide bonds. The second kappa shape index (κ2) is 9.53. The van der Waals surface area contributed by atoms with Crippen LogP contribution >= 0.6 is 15.9 Å². The molecule has 0 spiro atoms. The number of nitrogens with one attached hydrogen (secondary N) is 2. The molecule has 3 rings (SSSR count). The van der Waals surface area contributed by atoms with Crippen LogP contribution in [0.15, 0.2) is 51.8 Å². The fourth-order valence-electron chi connectivity index (χ4n) is 3.39. The smallest absolute Gasteiger partial charge is 0.242 e. The van der Waals surface area contributed by atoms with Crippen LogP contribution in [0.5, 0.6) is 5.75 Å². The van der Waals surface area contributed by atoms with Gasteiger partial charge in [0, 0.05) is 25.7 Å². The van der Waals surface area contributed by atoms with Crippen LogP contribution in [0.1, 0.15) is 30.9 Å². The quantitative estimate of drug-likeness (QED) is 0.597. The number of sulfonamides is 1. The molecule has 158 valence electrons. The Morgan fingerprint density at radius 3 is 2.59 bits per heavy atom. The van der Waals surface area contributed by atoms with E-state index in [0.717, 1.165) is 24.8 Å². The highest BCUT2D eigenvalue weighted by molar-refractivity contribution is 9.10. The Kier molecular flexibility index (Phi) is 7.28. The summed E-state index contributed by atoms with van der Waals surface area (Å²) in [5.74, 6) is 0.339. The summed E-state index contributed by atoms with van der Waals surface area (Å²) in [4.78, 5) is 0.227. The molecule has 0 radical (unpaired) electrons. The number of hydrazine groups is 1. The van der Waals surface area contributed by atoms with E-state index in [4.69, 9.17) is 4.74 Å². The van der Waals surface area contributed by atoms with E-state index in [1.165, 1.54) is 23.5 Å². The van der Waals surface area contributed by atoms with E-state index in [1.54, 1.807) is 37.4 Å². The maximum atomic E-state index is 13.1. The van der Waals surface area contributed by atoms with E-state index >= 15 is 0 Å². The van der Waals surface area contributed by atoms with E-state index in [-0.39, 0.29) is 22.8 Å². The standard InChI is InChI=1S/C20H25BrFN3O3S/c1-25(29(26,27)17-9-10-20(28-2)18(21)13-17)11-3-4-16-12-19(24-23-16)14-5-7-15(22)8-6-14/h5-10,13,16,19,23-24H,3-4,11-12H2,1-2H3. The van der Waals surface area contributed by atoms with Crippen molar-refractivity contribution in [1.29, 1.82) is 0 Å². The predicted molar refractivity (Wildman–Crippen MR) is 114 cm³/mol. The summed E-state index contributed by atoms with van der Waals surface area (Å²) in [6.45, 7) is 0.422. The molecule has 2 atom stereocenters. The van der Waals surface area contributed by atoms with Gasteiger partial charge < -0.3 is 4.74 Å². The minimum atomic E-state index is -3.56. The minimum Gasteiger partial charge on any atom is -0.496 e. The van der Waals surface area contributed by atoms with Crippen LogP contribution in [-0.4, -0.2) is 39.5 Å². The fraction of sp³-hybridized carbons (Fsp3) is 0.400. The van der Waals surface area contributed by atoms with Gasteiger partial charge in [-0.1, -0.05) is 12.1 Å². The molecule has 2 aromatic carbocycles. The zero-order chi connectivity index (χ0) is 21.0. The summed E-state index contributed by atoms with van der Waals surface area (Å²) >= 11 is 3.33. The number of nitrogens with zero attached hydrogens (tertiary/aromatic N) is 1. The Bertz CT molecular complexity index is 940. The van der Waals surface area contributed by atoms with Crippen LogP contribution in [0.25, 0.3) is 0 Å². The molecular weight excluding hydrogens is 461 g/mol. The van der Waals surface area contributed by atoms with Crippen molar-refractivity contribution in [2.45, 2.75) is 36.2 Å². The summed E-state index contributed by atoms with van der Waals surface area (Å²) in [6.07, 6.45) is 2.42. The van der Waals surface area contributed by atoms with Crippen molar-refractivity contribution in [3.8, 4) is 5.75 Å². The minimum absolute atomic E-state index is 0.124. The van der Waals surface area contributed by atoms with Gasteiger partial charge in [-0.15, -0.1) is 0 Å². The Hall–Kier alpha value is -1.52. The van der Waals surface area contributed by atoms with Gasteiger partial charge >= 0.3 is 0 Å². The first-order valence-corrected chi connectivity index (χ1v) is 11.6. The van der Waals surface area contributed by atoms with Crippen LogP contribution in [0, 0.1) is 5.82 Å². The third-order valence-electron chi connectivity index (χ3n) is 5.11. The summed E-state index contributed by atoms with van der Waals surface area (Å²) in [6, 6.07) is 11.6. The molecule has 0 bridgehead atoms. The summed E-state index contributed by atoms with van der Waals surface area (Å²) in [5.41, 5.74) is 7.52. The Morgan fingerprint density at radius 2 is 1.93 bits per heavy atom. The highest BCUT2D eigenvalue weighted by atomic mass is 79.9. The van der Waals surface area contributed by atoms with Crippen LogP contribution in [0.2, 0.25) is 0 Å². The van der Waals surface area contributed by atoms with Gasteiger partial charge in [-0.3, -0.25) is 10.9 Å². The van der Waals surface area contributed by atoms with Crippen molar-refractivity contribution in [3.63, 3.8) is 0 Å². The third kappa shape index (κ3) is 5.35. The molecule has 9 heteroatoms. The van der Waals surface area contributed by atoms with Crippen LogP contribution < -0.4 is 15.6 Å². The largest absolute Gasteiger partial charge is 0.496 e. The van der Waals surface area contributed by atoms with Crippen LogP contribution in [0.4, 0.5) is 4.39 Å². The average molecular weight is 486 g/mol. The first-order valence-electron chi connectivity index (χ1n) is 9.37. The molecule has 0 saturated carbocycles. The van der Waals surface area contributed by atoms with Crippen LogP contribution in [0.3, 0.4) is 0 Å². The molecule has 1 aliphatic rings. The number of halogens is 2. The van der Waals surface area contributed by atoms with Gasteiger partial charge in [0.05, 0.1) is 16.5 Å².